The van der Waals surface area contributed by atoms with Crippen molar-refractivity contribution in [3.63, 3.8) is 0 Å². The lowest BCUT2D eigenvalue weighted by atomic mass is 9.98. The van der Waals surface area contributed by atoms with Crippen molar-refractivity contribution in [3.05, 3.63) is 27.7 Å². The number of carbonyl (C=O) groups is 1. The van der Waals surface area contributed by atoms with E-state index in [9.17, 15) is 9.90 Å². The van der Waals surface area contributed by atoms with E-state index in [1.807, 2.05) is 5.01 Å². The molecule has 2 aliphatic rings. The minimum Gasteiger partial charge on any atom is -0.508 e. The van der Waals surface area contributed by atoms with Crippen LogP contribution in [0.3, 0.4) is 0 Å². The fraction of sp³-hybridized carbons (Fsp3) is 0.533. The van der Waals surface area contributed by atoms with Crippen LogP contribution in [-0.2, 0) is 16.0 Å². The van der Waals surface area contributed by atoms with Gasteiger partial charge in [0.2, 0.25) is 5.91 Å². The highest BCUT2D eigenvalue weighted by atomic mass is 35.5. The van der Waals surface area contributed by atoms with Crippen LogP contribution >= 0.6 is 23.2 Å². The van der Waals surface area contributed by atoms with Crippen molar-refractivity contribution in [2.45, 2.75) is 12.8 Å². The second-order valence-corrected chi connectivity index (χ2v) is 6.42. The maximum Gasteiger partial charge on any atom is 0.240 e. The SMILES string of the molecule is O=C1[C@H](Cc2c(Cl)cc(O)cc2Cl)CCN1N1CCOCC1. The van der Waals surface area contributed by atoms with Crippen LogP contribution in [0.5, 0.6) is 5.75 Å². The smallest absolute Gasteiger partial charge is 0.240 e. The molecule has 0 aliphatic carbocycles. The summed E-state index contributed by atoms with van der Waals surface area (Å²) in [4.78, 5) is 12.6. The molecule has 1 aromatic rings. The lowest BCUT2D eigenvalue weighted by Gasteiger charge is -2.34. The number of hydrogen-bond donors (Lipinski definition) is 1. The summed E-state index contributed by atoms with van der Waals surface area (Å²) >= 11 is 12.3. The fourth-order valence-corrected chi connectivity index (χ4v) is 3.65. The van der Waals surface area contributed by atoms with Gasteiger partial charge in [-0.05, 0) is 30.5 Å². The van der Waals surface area contributed by atoms with Crippen LogP contribution in [0.1, 0.15) is 12.0 Å². The Morgan fingerprint density at radius 1 is 1.18 bits per heavy atom. The Hall–Kier alpha value is -1.01. The largest absolute Gasteiger partial charge is 0.508 e. The van der Waals surface area contributed by atoms with E-state index in [2.05, 4.69) is 5.01 Å². The van der Waals surface area contributed by atoms with Crippen molar-refractivity contribution in [2.24, 2.45) is 5.92 Å². The number of morpholine rings is 1. The van der Waals surface area contributed by atoms with Gasteiger partial charge in [-0.25, -0.2) is 5.01 Å². The zero-order valence-electron chi connectivity index (χ0n) is 12.1. The van der Waals surface area contributed by atoms with E-state index in [4.69, 9.17) is 27.9 Å². The molecule has 2 aliphatic heterocycles. The molecular weight excluding hydrogens is 327 g/mol. The molecule has 2 heterocycles. The van der Waals surface area contributed by atoms with Crippen LogP contribution in [0.15, 0.2) is 12.1 Å². The van der Waals surface area contributed by atoms with E-state index in [0.717, 1.165) is 31.6 Å². The van der Waals surface area contributed by atoms with Crippen molar-refractivity contribution < 1.29 is 14.6 Å². The number of carbonyl (C=O) groups excluding carboxylic acids is 1. The molecule has 2 fully saturated rings. The van der Waals surface area contributed by atoms with Gasteiger partial charge in [-0.3, -0.25) is 9.80 Å². The van der Waals surface area contributed by atoms with E-state index >= 15 is 0 Å². The van der Waals surface area contributed by atoms with Gasteiger partial charge >= 0.3 is 0 Å². The van der Waals surface area contributed by atoms with Gasteiger partial charge < -0.3 is 9.84 Å². The molecule has 5 nitrogen and oxygen atoms in total. The second kappa shape index (κ2) is 6.62. The molecule has 0 aromatic heterocycles. The lowest BCUT2D eigenvalue weighted by Crippen LogP contribution is -2.49. The molecular formula is C15H18Cl2N2O3. The van der Waals surface area contributed by atoms with Crippen LogP contribution in [0, 0.1) is 5.92 Å². The highest BCUT2D eigenvalue weighted by Gasteiger charge is 2.36. The Labute approximate surface area is 139 Å². The predicted molar refractivity (Wildman–Crippen MR) is 84.0 cm³/mol. The molecule has 120 valence electrons. The number of phenolic OH excluding ortho intramolecular Hbond substituents is 1. The lowest BCUT2D eigenvalue weighted by molar-refractivity contribution is -0.153. The first kappa shape index (κ1) is 15.9. The van der Waals surface area contributed by atoms with Crippen LogP contribution < -0.4 is 0 Å². The summed E-state index contributed by atoms with van der Waals surface area (Å²) in [5.74, 6) is 0.0240. The highest BCUT2D eigenvalue weighted by Crippen LogP contribution is 2.34. The maximum atomic E-state index is 12.6. The number of amides is 1. The first-order valence-corrected chi connectivity index (χ1v) is 8.12. The summed E-state index contributed by atoms with van der Waals surface area (Å²) in [6.07, 6.45) is 1.28. The predicted octanol–water partition coefficient (Wildman–Crippen LogP) is 2.34. The van der Waals surface area contributed by atoms with Crippen LogP contribution in [0.2, 0.25) is 10.0 Å². The van der Waals surface area contributed by atoms with Gasteiger partial charge in [0.15, 0.2) is 0 Å². The van der Waals surface area contributed by atoms with Gasteiger partial charge in [0.25, 0.3) is 0 Å². The Balaban J connectivity index is 1.71. The number of hydrogen-bond acceptors (Lipinski definition) is 4. The first-order chi connectivity index (χ1) is 10.6. The average Bonchev–Trinajstić information content (AvgIpc) is 2.85. The number of ether oxygens (including phenoxy) is 1. The Morgan fingerprint density at radius 3 is 2.45 bits per heavy atom. The molecule has 0 radical (unpaired) electrons. The molecule has 0 saturated carbocycles. The normalized spacial score (nSPS) is 23.3. The average molecular weight is 345 g/mol. The van der Waals surface area contributed by atoms with Gasteiger partial charge in [-0.1, -0.05) is 23.2 Å². The topological polar surface area (TPSA) is 53.0 Å². The molecule has 1 amide bonds. The third-order valence-electron chi connectivity index (χ3n) is 4.20. The summed E-state index contributed by atoms with van der Waals surface area (Å²) in [7, 11) is 0. The number of hydrazine groups is 1. The molecule has 0 spiro atoms. The summed E-state index contributed by atoms with van der Waals surface area (Å²) in [5.41, 5.74) is 0.725. The second-order valence-electron chi connectivity index (χ2n) is 5.61. The third kappa shape index (κ3) is 3.18. The van der Waals surface area contributed by atoms with Gasteiger partial charge in [0.1, 0.15) is 5.75 Å². The molecule has 7 heteroatoms. The molecule has 1 N–H and O–H groups in total. The van der Waals surface area contributed by atoms with Gasteiger partial charge in [0, 0.05) is 35.6 Å². The summed E-state index contributed by atoms with van der Waals surface area (Å²) in [6, 6.07) is 2.92. The van der Waals surface area contributed by atoms with E-state index in [0.29, 0.717) is 29.7 Å². The standard InChI is InChI=1S/C15H18Cl2N2O3/c16-13-8-11(20)9-14(17)12(13)7-10-1-2-19(15(10)21)18-3-5-22-6-4-18/h8-10,20H,1-7H2/t10-/m0/s1. The molecule has 1 atom stereocenters. The Morgan fingerprint density at radius 2 is 1.82 bits per heavy atom. The molecule has 3 rings (SSSR count). The van der Waals surface area contributed by atoms with Gasteiger partial charge in [0.05, 0.1) is 13.2 Å². The third-order valence-corrected chi connectivity index (χ3v) is 4.87. The zero-order chi connectivity index (χ0) is 15.7. The monoisotopic (exact) mass is 344 g/mol. The minimum atomic E-state index is -0.123. The van der Waals surface area contributed by atoms with Crippen LogP contribution in [-0.4, -0.2) is 53.9 Å². The van der Waals surface area contributed by atoms with Crippen molar-refractivity contribution in [3.8, 4) is 5.75 Å². The number of benzene rings is 1. The summed E-state index contributed by atoms with van der Waals surface area (Å²) < 4.78 is 5.32. The minimum absolute atomic E-state index is 0.0337. The quantitative estimate of drug-likeness (QED) is 0.914. The van der Waals surface area contributed by atoms with Gasteiger partial charge in [-0.15, -0.1) is 0 Å². The molecule has 0 unspecified atom stereocenters. The molecule has 2 saturated heterocycles. The van der Waals surface area contributed by atoms with Crippen molar-refractivity contribution in [1.29, 1.82) is 0 Å². The van der Waals surface area contributed by atoms with E-state index in [1.165, 1.54) is 12.1 Å². The van der Waals surface area contributed by atoms with Crippen molar-refractivity contribution in [1.82, 2.24) is 10.0 Å². The van der Waals surface area contributed by atoms with E-state index in [-0.39, 0.29) is 17.6 Å². The van der Waals surface area contributed by atoms with Gasteiger partial charge in [-0.2, -0.15) is 0 Å². The number of phenols is 1. The number of aromatic hydroxyl groups is 1. The zero-order valence-corrected chi connectivity index (χ0v) is 13.6. The van der Waals surface area contributed by atoms with E-state index < -0.39 is 0 Å². The van der Waals surface area contributed by atoms with Crippen LogP contribution in [0.4, 0.5) is 0 Å². The molecule has 22 heavy (non-hydrogen) atoms. The maximum absolute atomic E-state index is 12.6. The number of rotatable bonds is 3. The van der Waals surface area contributed by atoms with Crippen LogP contribution in [0.25, 0.3) is 0 Å². The molecule has 0 bridgehead atoms. The Kier molecular flexibility index (Phi) is 4.78. The highest BCUT2D eigenvalue weighted by molar-refractivity contribution is 6.36. The summed E-state index contributed by atoms with van der Waals surface area (Å²) in [5, 5.41) is 14.2. The number of nitrogens with zero attached hydrogens (tertiary/aromatic N) is 2. The first-order valence-electron chi connectivity index (χ1n) is 7.37. The fourth-order valence-electron chi connectivity index (χ4n) is 3.02. The van der Waals surface area contributed by atoms with Crippen molar-refractivity contribution >= 4 is 29.1 Å². The van der Waals surface area contributed by atoms with E-state index in [1.54, 1.807) is 0 Å². The van der Waals surface area contributed by atoms with Crippen molar-refractivity contribution in [2.75, 3.05) is 32.8 Å². The number of halogens is 2. The summed E-state index contributed by atoms with van der Waals surface area (Å²) in [6.45, 7) is 3.53. The Bertz CT molecular complexity index is 553. The molecule has 1 aromatic carbocycles.